The van der Waals surface area contributed by atoms with Gasteiger partial charge in [-0.15, -0.1) is 0 Å². The zero-order valence-corrected chi connectivity index (χ0v) is 18.7. The maximum absolute atomic E-state index is 13.2. The van der Waals surface area contributed by atoms with Crippen LogP contribution in [-0.2, 0) is 0 Å². The van der Waals surface area contributed by atoms with E-state index in [0.29, 0.717) is 25.3 Å². The summed E-state index contributed by atoms with van der Waals surface area (Å²) in [6, 6.07) is 15.8. The van der Waals surface area contributed by atoms with E-state index >= 15 is 0 Å². The number of hydrogen-bond donors (Lipinski definition) is 1. The van der Waals surface area contributed by atoms with Crippen LogP contribution in [0.2, 0.25) is 0 Å². The average molecular weight is 435 g/mol. The van der Waals surface area contributed by atoms with Crippen molar-refractivity contribution in [3.8, 4) is 22.8 Å². The Morgan fingerprint density at radius 1 is 1.00 bits per heavy atom. The van der Waals surface area contributed by atoms with Crippen molar-refractivity contribution >= 4 is 11.6 Å². The Labute approximate surface area is 188 Å². The van der Waals surface area contributed by atoms with Crippen LogP contribution in [0.1, 0.15) is 30.1 Å². The molecule has 1 N–H and O–H groups in total. The van der Waals surface area contributed by atoms with Gasteiger partial charge in [-0.25, -0.2) is 0 Å². The normalized spacial score (nSPS) is 13.8. The van der Waals surface area contributed by atoms with Crippen LogP contribution < -0.4 is 14.4 Å². The van der Waals surface area contributed by atoms with Gasteiger partial charge in [0.05, 0.1) is 31.2 Å². The molecule has 3 aromatic rings. The molecule has 0 spiro atoms. The van der Waals surface area contributed by atoms with E-state index < -0.39 is 0 Å². The van der Waals surface area contributed by atoms with Crippen LogP contribution in [-0.4, -0.2) is 60.9 Å². The second-order valence-corrected chi connectivity index (χ2v) is 7.86. The molecule has 32 heavy (non-hydrogen) atoms. The summed E-state index contributed by atoms with van der Waals surface area (Å²) in [6.07, 6.45) is 3.76. The standard InChI is InChI=1S/C25H30N4O3/c1-3-4-17-32-22-9-5-19(6-10-22)24-23(18-26-27-24)25(30)29-15-13-28(14-16-29)20-7-11-21(31-2)12-8-20/h5-12,18H,3-4,13-17H2,1-2H3,(H,26,27). The molecule has 0 saturated carbocycles. The molecule has 0 atom stereocenters. The number of amides is 1. The predicted molar refractivity (Wildman–Crippen MR) is 126 cm³/mol. The molecule has 0 radical (unpaired) electrons. The van der Waals surface area contributed by atoms with E-state index in [9.17, 15) is 4.79 Å². The van der Waals surface area contributed by atoms with Gasteiger partial charge in [0.2, 0.25) is 0 Å². The van der Waals surface area contributed by atoms with E-state index in [0.717, 1.165) is 54.4 Å². The van der Waals surface area contributed by atoms with Crippen LogP contribution in [0.3, 0.4) is 0 Å². The second kappa shape index (κ2) is 10.2. The summed E-state index contributed by atoms with van der Waals surface area (Å²) < 4.78 is 11.0. The Hall–Kier alpha value is -3.48. The van der Waals surface area contributed by atoms with Crippen molar-refractivity contribution in [3.05, 3.63) is 60.3 Å². The average Bonchev–Trinajstić information content (AvgIpc) is 3.34. The lowest BCUT2D eigenvalue weighted by Crippen LogP contribution is -2.48. The van der Waals surface area contributed by atoms with Crippen molar-refractivity contribution in [1.29, 1.82) is 0 Å². The summed E-state index contributed by atoms with van der Waals surface area (Å²) in [7, 11) is 1.67. The number of nitrogens with zero attached hydrogens (tertiary/aromatic N) is 3. The van der Waals surface area contributed by atoms with Gasteiger partial charge in [0, 0.05) is 37.4 Å². The van der Waals surface area contributed by atoms with Gasteiger partial charge < -0.3 is 19.3 Å². The summed E-state index contributed by atoms with van der Waals surface area (Å²) in [5, 5.41) is 7.15. The Bertz CT molecular complexity index is 1010. The van der Waals surface area contributed by atoms with Crippen LogP contribution in [0.15, 0.2) is 54.7 Å². The van der Waals surface area contributed by atoms with Gasteiger partial charge in [0.1, 0.15) is 11.5 Å². The maximum Gasteiger partial charge on any atom is 0.257 e. The summed E-state index contributed by atoms with van der Waals surface area (Å²) >= 11 is 0. The number of rotatable bonds is 8. The third-order valence-corrected chi connectivity index (χ3v) is 5.78. The fourth-order valence-corrected chi connectivity index (χ4v) is 3.85. The number of ether oxygens (including phenoxy) is 2. The van der Waals surface area contributed by atoms with Crippen molar-refractivity contribution in [2.75, 3.05) is 44.8 Å². The second-order valence-electron chi connectivity index (χ2n) is 7.86. The minimum Gasteiger partial charge on any atom is -0.497 e. The quantitative estimate of drug-likeness (QED) is 0.538. The highest BCUT2D eigenvalue weighted by Gasteiger charge is 2.25. The zero-order chi connectivity index (χ0) is 22.3. The number of anilines is 1. The molecule has 7 nitrogen and oxygen atoms in total. The third kappa shape index (κ3) is 4.88. The molecule has 1 fully saturated rings. The predicted octanol–water partition coefficient (Wildman–Crippen LogP) is 4.23. The third-order valence-electron chi connectivity index (χ3n) is 5.78. The Balaban J connectivity index is 1.39. The molecule has 0 unspecified atom stereocenters. The molecular formula is C25H30N4O3. The fourth-order valence-electron chi connectivity index (χ4n) is 3.85. The van der Waals surface area contributed by atoms with Gasteiger partial charge in [0.15, 0.2) is 0 Å². The number of hydrogen-bond acceptors (Lipinski definition) is 5. The van der Waals surface area contributed by atoms with Gasteiger partial charge in [-0.1, -0.05) is 13.3 Å². The summed E-state index contributed by atoms with van der Waals surface area (Å²) in [5.74, 6) is 1.69. The highest BCUT2D eigenvalue weighted by atomic mass is 16.5. The van der Waals surface area contributed by atoms with Crippen molar-refractivity contribution in [1.82, 2.24) is 15.1 Å². The number of aromatic nitrogens is 2. The SMILES string of the molecule is CCCCOc1ccc(-c2[nH]ncc2C(=O)N2CCN(c3ccc(OC)cc3)CC2)cc1. The van der Waals surface area contributed by atoms with E-state index in [1.807, 2.05) is 41.3 Å². The minimum absolute atomic E-state index is 0.00593. The maximum atomic E-state index is 13.2. The smallest absolute Gasteiger partial charge is 0.257 e. The largest absolute Gasteiger partial charge is 0.497 e. The van der Waals surface area contributed by atoms with Gasteiger partial charge in [-0.05, 0) is 55.0 Å². The van der Waals surface area contributed by atoms with Crippen molar-refractivity contribution in [2.45, 2.75) is 19.8 Å². The number of unbranched alkanes of at least 4 members (excludes halogenated alkanes) is 1. The number of aromatic amines is 1. The number of piperazine rings is 1. The number of methoxy groups -OCH3 is 1. The van der Waals surface area contributed by atoms with Crippen molar-refractivity contribution in [2.24, 2.45) is 0 Å². The topological polar surface area (TPSA) is 70.7 Å². The molecule has 1 aliphatic heterocycles. The number of benzene rings is 2. The van der Waals surface area contributed by atoms with Crippen molar-refractivity contribution in [3.63, 3.8) is 0 Å². The van der Waals surface area contributed by atoms with Crippen LogP contribution in [0.5, 0.6) is 11.5 Å². The van der Waals surface area contributed by atoms with Crippen LogP contribution in [0.25, 0.3) is 11.3 Å². The molecule has 4 rings (SSSR count). The van der Waals surface area contributed by atoms with Gasteiger partial charge >= 0.3 is 0 Å². The zero-order valence-electron chi connectivity index (χ0n) is 18.7. The molecule has 1 aliphatic rings. The van der Waals surface area contributed by atoms with Crippen LogP contribution in [0, 0.1) is 0 Å². The Morgan fingerprint density at radius 3 is 2.34 bits per heavy atom. The van der Waals surface area contributed by atoms with E-state index in [1.54, 1.807) is 13.3 Å². The van der Waals surface area contributed by atoms with Crippen LogP contribution in [0.4, 0.5) is 5.69 Å². The van der Waals surface area contributed by atoms with E-state index in [4.69, 9.17) is 9.47 Å². The highest BCUT2D eigenvalue weighted by Crippen LogP contribution is 2.26. The van der Waals surface area contributed by atoms with Gasteiger partial charge in [-0.2, -0.15) is 5.10 Å². The first-order chi connectivity index (χ1) is 15.7. The number of H-pyrrole nitrogens is 1. The van der Waals surface area contributed by atoms with Crippen LogP contribution >= 0.6 is 0 Å². The monoisotopic (exact) mass is 434 g/mol. The molecule has 2 aromatic carbocycles. The fraction of sp³-hybridized carbons (Fsp3) is 0.360. The highest BCUT2D eigenvalue weighted by molar-refractivity contribution is 5.99. The van der Waals surface area contributed by atoms with E-state index in [-0.39, 0.29) is 5.91 Å². The number of carbonyl (C=O) groups excluding carboxylic acids is 1. The molecule has 0 aliphatic carbocycles. The lowest BCUT2D eigenvalue weighted by molar-refractivity contribution is 0.0747. The molecule has 1 aromatic heterocycles. The minimum atomic E-state index is 0.00593. The lowest BCUT2D eigenvalue weighted by atomic mass is 10.1. The first-order valence-corrected chi connectivity index (χ1v) is 11.1. The van der Waals surface area contributed by atoms with Crippen molar-refractivity contribution < 1.29 is 14.3 Å². The molecule has 1 amide bonds. The van der Waals surface area contributed by atoms with E-state index in [2.05, 4.69) is 34.2 Å². The molecule has 1 saturated heterocycles. The lowest BCUT2D eigenvalue weighted by Gasteiger charge is -2.36. The summed E-state index contributed by atoms with van der Waals surface area (Å²) in [4.78, 5) is 17.4. The number of carbonyl (C=O) groups is 1. The Morgan fingerprint density at radius 2 is 1.69 bits per heavy atom. The Kier molecular flexibility index (Phi) is 6.94. The van der Waals surface area contributed by atoms with Gasteiger partial charge in [0.25, 0.3) is 5.91 Å². The van der Waals surface area contributed by atoms with E-state index in [1.165, 1.54) is 0 Å². The molecule has 2 heterocycles. The first-order valence-electron chi connectivity index (χ1n) is 11.1. The number of nitrogens with one attached hydrogen (secondary N) is 1. The molecular weight excluding hydrogens is 404 g/mol. The molecule has 7 heteroatoms. The summed E-state index contributed by atoms with van der Waals surface area (Å²) in [5.41, 5.74) is 3.41. The van der Waals surface area contributed by atoms with Gasteiger partial charge in [-0.3, -0.25) is 9.89 Å². The molecule has 0 bridgehead atoms. The summed E-state index contributed by atoms with van der Waals surface area (Å²) in [6.45, 7) is 5.76. The first kappa shape index (κ1) is 21.7. The molecule has 168 valence electrons.